The molecule has 102 valence electrons. The number of halogens is 2. The van der Waals surface area contributed by atoms with E-state index in [1.165, 1.54) is 0 Å². The van der Waals surface area contributed by atoms with Crippen LogP contribution in [0.4, 0.5) is 0 Å². The monoisotopic (exact) mass is 294 g/mol. The predicted molar refractivity (Wildman–Crippen MR) is 72.6 cm³/mol. The molecule has 0 saturated heterocycles. The lowest BCUT2D eigenvalue weighted by Crippen LogP contribution is -2.41. The van der Waals surface area contributed by atoms with Crippen LogP contribution in [0, 0.1) is 0 Å². The molecule has 0 saturated carbocycles. The van der Waals surface area contributed by atoms with Crippen LogP contribution in [-0.4, -0.2) is 29.9 Å². The van der Waals surface area contributed by atoms with Crippen molar-refractivity contribution in [1.82, 2.24) is 15.6 Å². The van der Waals surface area contributed by atoms with Crippen LogP contribution in [-0.2, 0) is 16.1 Å². The van der Waals surface area contributed by atoms with Gasteiger partial charge in [-0.1, -0.05) is 6.07 Å². The van der Waals surface area contributed by atoms with E-state index in [4.69, 9.17) is 5.73 Å². The third-order valence-corrected chi connectivity index (χ3v) is 1.79. The van der Waals surface area contributed by atoms with Crippen molar-refractivity contribution in [3.05, 3.63) is 30.1 Å². The van der Waals surface area contributed by atoms with E-state index in [9.17, 15) is 9.59 Å². The molecule has 4 N–H and O–H groups in total. The molecule has 0 spiro atoms. The van der Waals surface area contributed by atoms with Crippen LogP contribution in [0.15, 0.2) is 24.4 Å². The van der Waals surface area contributed by atoms with Crippen molar-refractivity contribution < 1.29 is 9.59 Å². The summed E-state index contributed by atoms with van der Waals surface area (Å²) in [5, 5.41) is 4.83. The van der Waals surface area contributed by atoms with Gasteiger partial charge in [0.05, 0.1) is 12.2 Å². The largest absolute Gasteiger partial charge is 0.347 e. The van der Waals surface area contributed by atoms with Crippen LogP contribution in [0.2, 0.25) is 0 Å². The quantitative estimate of drug-likeness (QED) is 0.659. The van der Waals surface area contributed by atoms with Crippen molar-refractivity contribution in [3.63, 3.8) is 0 Å². The Hall–Kier alpha value is -1.37. The zero-order valence-corrected chi connectivity index (χ0v) is 11.2. The van der Waals surface area contributed by atoms with Gasteiger partial charge in [0.2, 0.25) is 0 Å². The number of nitrogens with two attached hydrogens (primary N) is 1. The third kappa shape index (κ3) is 7.05. The number of carbonyl (C=O) groups excluding carboxylic acids is 2. The fourth-order valence-electron chi connectivity index (χ4n) is 1.02. The third-order valence-electron chi connectivity index (χ3n) is 1.79. The molecular weight excluding hydrogens is 279 g/mol. The molecule has 1 heterocycles. The molecule has 2 amide bonds. The number of hydrogen-bond donors (Lipinski definition) is 3. The normalized spacial score (nSPS) is 8.50. The average Bonchev–Trinajstić information content (AvgIpc) is 2.34. The molecule has 0 aromatic carbocycles. The zero-order valence-electron chi connectivity index (χ0n) is 9.59. The maximum absolute atomic E-state index is 11.2. The van der Waals surface area contributed by atoms with Crippen LogP contribution in [0.1, 0.15) is 5.69 Å². The molecule has 1 aromatic rings. The predicted octanol–water partition coefficient (Wildman–Crippen LogP) is -0.384. The van der Waals surface area contributed by atoms with E-state index in [0.29, 0.717) is 12.2 Å². The van der Waals surface area contributed by atoms with Gasteiger partial charge in [-0.25, -0.2) is 0 Å². The van der Waals surface area contributed by atoms with Crippen LogP contribution in [0.5, 0.6) is 0 Å². The zero-order chi connectivity index (χ0) is 11.8. The minimum absolute atomic E-state index is 0. The summed E-state index contributed by atoms with van der Waals surface area (Å²) in [4.78, 5) is 26.4. The van der Waals surface area contributed by atoms with Crippen molar-refractivity contribution in [2.75, 3.05) is 13.1 Å². The van der Waals surface area contributed by atoms with Crippen LogP contribution in [0.25, 0.3) is 0 Å². The average molecular weight is 295 g/mol. The molecule has 0 atom stereocenters. The highest BCUT2D eigenvalue weighted by Gasteiger charge is 2.11. The van der Waals surface area contributed by atoms with E-state index in [1.54, 1.807) is 18.3 Å². The van der Waals surface area contributed by atoms with E-state index in [2.05, 4.69) is 15.6 Å². The molecule has 1 rings (SSSR count). The molecule has 8 heteroatoms. The molecule has 0 bridgehead atoms. The molecule has 0 fully saturated rings. The summed E-state index contributed by atoms with van der Waals surface area (Å²) in [7, 11) is 0. The number of carbonyl (C=O) groups is 2. The van der Waals surface area contributed by atoms with Gasteiger partial charge < -0.3 is 16.4 Å². The van der Waals surface area contributed by atoms with E-state index in [-0.39, 0.29) is 37.9 Å². The topological polar surface area (TPSA) is 97.1 Å². The lowest BCUT2D eigenvalue weighted by atomic mass is 10.3. The van der Waals surface area contributed by atoms with Crippen molar-refractivity contribution in [2.24, 2.45) is 5.73 Å². The van der Waals surface area contributed by atoms with E-state index in [1.807, 2.05) is 6.07 Å². The number of rotatable bonds is 4. The first-order chi connectivity index (χ1) is 7.74. The summed E-state index contributed by atoms with van der Waals surface area (Å²) in [6.45, 7) is 0.824. The number of aromatic nitrogens is 1. The molecule has 0 aliphatic carbocycles. The first-order valence-electron chi connectivity index (χ1n) is 4.90. The molecule has 6 nitrogen and oxygen atoms in total. The Morgan fingerprint density at radius 3 is 2.39 bits per heavy atom. The standard InChI is InChI=1S/C10H14N4O2.2ClH/c11-4-6-13-9(15)10(16)14-7-8-3-1-2-5-12-8;;/h1-3,5H,4,6-7,11H2,(H,13,15)(H,14,16);2*1H. The fraction of sp³-hybridized carbons (Fsp3) is 0.300. The van der Waals surface area contributed by atoms with Gasteiger partial charge in [-0.05, 0) is 12.1 Å². The highest BCUT2D eigenvalue weighted by Crippen LogP contribution is 1.91. The molecule has 0 aliphatic rings. The lowest BCUT2D eigenvalue weighted by Gasteiger charge is -2.04. The summed E-state index contributed by atoms with van der Waals surface area (Å²) < 4.78 is 0. The molecule has 0 radical (unpaired) electrons. The second-order valence-corrected chi connectivity index (χ2v) is 3.05. The number of pyridine rings is 1. The Kier molecular flexibility index (Phi) is 11.3. The smallest absolute Gasteiger partial charge is 0.309 e. The highest BCUT2D eigenvalue weighted by molar-refractivity contribution is 6.35. The molecule has 0 unspecified atom stereocenters. The Morgan fingerprint density at radius 1 is 1.17 bits per heavy atom. The lowest BCUT2D eigenvalue weighted by molar-refractivity contribution is -0.139. The minimum atomic E-state index is -0.681. The van der Waals surface area contributed by atoms with Crippen LogP contribution in [0.3, 0.4) is 0 Å². The maximum atomic E-state index is 11.2. The van der Waals surface area contributed by atoms with Crippen molar-refractivity contribution in [1.29, 1.82) is 0 Å². The first-order valence-corrected chi connectivity index (χ1v) is 4.90. The number of nitrogens with zero attached hydrogens (tertiary/aromatic N) is 1. The van der Waals surface area contributed by atoms with Gasteiger partial charge >= 0.3 is 11.8 Å². The summed E-state index contributed by atoms with van der Waals surface area (Å²) in [5.41, 5.74) is 5.88. The minimum Gasteiger partial charge on any atom is -0.347 e. The Morgan fingerprint density at radius 2 is 1.83 bits per heavy atom. The number of amides is 2. The Labute approximate surface area is 118 Å². The van der Waals surface area contributed by atoms with Crippen molar-refractivity contribution >= 4 is 36.6 Å². The first kappa shape index (κ1) is 19.0. The van der Waals surface area contributed by atoms with E-state index < -0.39 is 11.8 Å². The van der Waals surface area contributed by atoms with Gasteiger partial charge in [-0.2, -0.15) is 0 Å². The van der Waals surface area contributed by atoms with Crippen LogP contribution < -0.4 is 16.4 Å². The van der Waals surface area contributed by atoms with Crippen molar-refractivity contribution in [2.45, 2.75) is 6.54 Å². The second kappa shape index (κ2) is 10.8. The van der Waals surface area contributed by atoms with Gasteiger partial charge in [-0.3, -0.25) is 14.6 Å². The summed E-state index contributed by atoms with van der Waals surface area (Å²) in [6.07, 6.45) is 1.62. The summed E-state index contributed by atoms with van der Waals surface area (Å²) >= 11 is 0. The molecule has 1 aromatic heterocycles. The maximum Gasteiger partial charge on any atom is 0.309 e. The SMILES string of the molecule is Cl.Cl.NCCNC(=O)C(=O)NCc1ccccn1. The second-order valence-electron chi connectivity index (χ2n) is 3.05. The van der Waals surface area contributed by atoms with E-state index >= 15 is 0 Å². The van der Waals surface area contributed by atoms with Gasteiger partial charge in [0.25, 0.3) is 0 Å². The van der Waals surface area contributed by atoms with Gasteiger partial charge in [0.1, 0.15) is 0 Å². The number of hydrogen-bond acceptors (Lipinski definition) is 4. The Bertz CT molecular complexity index is 362. The number of nitrogens with one attached hydrogen (secondary N) is 2. The Balaban J connectivity index is 0. The van der Waals surface area contributed by atoms with Gasteiger partial charge in [0, 0.05) is 19.3 Å². The van der Waals surface area contributed by atoms with Gasteiger partial charge in [-0.15, -0.1) is 24.8 Å². The fourth-order valence-corrected chi connectivity index (χ4v) is 1.02. The molecule has 0 aliphatic heterocycles. The van der Waals surface area contributed by atoms with Crippen LogP contribution >= 0.6 is 24.8 Å². The summed E-state index contributed by atoms with van der Waals surface area (Å²) in [5.74, 6) is -1.36. The van der Waals surface area contributed by atoms with Gasteiger partial charge in [0.15, 0.2) is 0 Å². The van der Waals surface area contributed by atoms with E-state index in [0.717, 1.165) is 0 Å². The van der Waals surface area contributed by atoms with Crippen molar-refractivity contribution in [3.8, 4) is 0 Å². The highest BCUT2D eigenvalue weighted by atomic mass is 35.5. The summed E-state index contributed by atoms with van der Waals surface area (Å²) in [6, 6.07) is 5.35. The molecule has 18 heavy (non-hydrogen) atoms. The molecular formula is C10H16Cl2N4O2.